The number of rotatable bonds is 8. The summed E-state index contributed by atoms with van der Waals surface area (Å²) in [6.07, 6.45) is 6.87. The van der Waals surface area contributed by atoms with Crippen LogP contribution >= 0.6 is 0 Å². The van der Waals surface area contributed by atoms with Crippen molar-refractivity contribution >= 4 is 18.0 Å². The monoisotopic (exact) mass is 446 g/mol. The fraction of sp³-hybridized carbons (Fsp3) is 0.346. The Morgan fingerprint density at radius 3 is 2.15 bits per heavy atom. The molecule has 1 fully saturated rings. The summed E-state index contributed by atoms with van der Waals surface area (Å²) in [6, 6.07) is 14.0. The molecule has 7 nitrogen and oxygen atoms in total. The molecule has 4 rings (SSSR count). The first-order chi connectivity index (χ1) is 16.0. The summed E-state index contributed by atoms with van der Waals surface area (Å²) in [7, 11) is 0. The van der Waals surface area contributed by atoms with Crippen LogP contribution in [0.5, 0.6) is 0 Å². The number of carbonyl (C=O) groups is 3. The topological polar surface area (TPSA) is 105 Å². The standard InChI is InChI=1S/C26H26N2O5/c1-2-8-22(25(30)31)27-24(29)23(16-9-7-10-16)28-26(32)33-15-21-19-13-5-3-11-17(19)18-12-4-6-14-20(18)21/h1,3-6,11-14,16,21-23H,7-10,15H2,(H,27,29)(H,28,32)(H,30,31). The van der Waals surface area contributed by atoms with Crippen LogP contribution in [0, 0.1) is 18.3 Å². The van der Waals surface area contributed by atoms with Gasteiger partial charge in [-0.05, 0) is 41.0 Å². The van der Waals surface area contributed by atoms with Crippen LogP contribution in [0.15, 0.2) is 48.5 Å². The molecule has 2 aromatic rings. The second-order valence-corrected chi connectivity index (χ2v) is 8.45. The quantitative estimate of drug-likeness (QED) is 0.540. The van der Waals surface area contributed by atoms with E-state index < -0.39 is 30.1 Å². The Kier molecular flexibility index (Phi) is 6.64. The summed E-state index contributed by atoms with van der Waals surface area (Å²) >= 11 is 0. The van der Waals surface area contributed by atoms with Gasteiger partial charge >= 0.3 is 12.1 Å². The summed E-state index contributed by atoms with van der Waals surface area (Å²) < 4.78 is 5.56. The molecule has 2 amide bonds. The molecule has 2 atom stereocenters. The van der Waals surface area contributed by atoms with Crippen molar-refractivity contribution in [2.24, 2.45) is 5.92 Å². The van der Waals surface area contributed by atoms with E-state index in [1.165, 1.54) is 0 Å². The number of benzene rings is 2. The van der Waals surface area contributed by atoms with Gasteiger partial charge in [-0.25, -0.2) is 9.59 Å². The molecule has 33 heavy (non-hydrogen) atoms. The van der Waals surface area contributed by atoms with Crippen LogP contribution in [-0.2, 0) is 14.3 Å². The van der Waals surface area contributed by atoms with Crippen molar-refractivity contribution in [1.82, 2.24) is 10.6 Å². The predicted molar refractivity (Wildman–Crippen MR) is 122 cm³/mol. The Bertz CT molecular complexity index is 1060. The highest BCUT2D eigenvalue weighted by molar-refractivity contribution is 5.89. The van der Waals surface area contributed by atoms with E-state index in [0.717, 1.165) is 41.5 Å². The van der Waals surface area contributed by atoms with Crippen molar-refractivity contribution in [3.8, 4) is 23.5 Å². The number of carboxylic acid groups (broad SMARTS) is 1. The van der Waals surface area contributed by atoms with Crippen molar-refractivity contribution in [2.75, 3.05) is 6.61 Å². The number of carboxylic acids is 1. The number of alkyl carbamates (subject to hydrolysis) is 1. The van der Waals surface area contributed by atoms with Crippen molar-refractivity contribution in [2.45, 2.75) is 43.7 Å². The van der Waals surface area contributed by atoms with E-state index in [-0.39, 0.29) is 24.9 Å². The lowest BCUT2D eigenvalue weighted by Crippen LogP contribution is -2.55. The average molecular weight is 447 g/mol. The average Bonchev–Trinajstić information content (AvgIpc) is 3.09. The third-order valence-electron chi connectivity index (χ3n) is 6.46. The first kappa shape index (κ1) is 22.4. The van der Waals surface area contributed by atoms with Crippen LogP contribution in [0.25, 0.3) is 11.1 Å². The second-order valence-electron chi connectivity index (χ2n) is 8.45. The molecule has 0 bridgehead atoms. The van der Waals surface area contributed by atoms with Gasteiger partial charge in [-0.1, -0.05) is 55.0 Å². The molecule has 2 unspecified atom stereocenters. The highest BCUT2D eigenvalue weighted by Gasteiger charge is 2.36. The van der Waals surface area contributed by atoms with E-state index >= 15 is 0 Å². The first-order valence-corrected chi connectivity index (χ1v) is 11.1. The van der Waals surface area contributed by atoms with Gasteiger partial charge in [0, 0.05) is 12.3 Å². The largest absolute Gasteiger partial charge is 0.480 e. The molecule has 0 saturated heterocycles. The normalized spacial score (nSPS) is 16.3. The molecular formula is C26H26N2O5. The zero-order valence-electron chi connectivity index (χ0n) is 18.1. The summed E-state index contributed by atoms with van der Waals surface area (Å²) in [5, 5.41) is 14.4. The third kappa shape index (κ3) is 4.70. The summed E-state index contributed by atoms with van der Waals surface area (Å²) in [5.41, 5.74) is 4.45. The fourth-order valence-corrected chi connectivity index (χ4v) is 4.52. The first-order valence-electron chi connectivity index (χ1n) is 11.1. The van der Waals surface area contributed by atoms with Crippen LogP contribution in [-0.4, -0.2) is 41.8 Å². The molecule has 3 N–H and O–H groups in total. The molecule has 1 saturated carbocycles. The Balaban J connectivity index is 1.42. The van der Waals surface area contributed by atoms with Crippen molar-refractivity contribution in [3.05, 3.63) is 59.7 Å². The van der Waals surface area contributed by atoms with E-state index in [1.54, 1.807) is 0 Å². The number of carbonyl (C=O) groups excluding carboxylic acids is 2. The van der Waals surface area contributed by atoms with Crippen LogP contribution in [0.2, 0.25) is 0 Å². The van der Waals surface area contributed by atoms with Crippen LogP contribution in [0.1, 0.15) is 42.7 Å². The van der Waals surface area contributed by atoms with Gasteiger partial charge in [0.15, 0.2) is 0 Å². The zero-order valence-corrected chi connectivity index (χ0v) is 18.1. The van der Waals surface area contributed by atoms with Crippen LogP contribution in [0.4, 0.5) is 4.79 Å². The lowest BCUT2D eigenvalue weighted by Gasteiger charge is -2.33. The smallest absolute Gasteiger partial charge is 0.407 e. The molecule has 7 heteroatoms. The third-order valence-corrected chi connectivity index (χ3v) is 6.46. The number of hydrogen-bond acceptors (Lipinski definition) is 4. The van der Waals surface area contributed by atoms with Gasteiger partial charge in [0.05, 0.1) is 0 Å². The van der Waals surface area contributed by atoms with Gasteiger partial charge in [0.1, 0.15) is 18.7 Å². The number of hydrogen-bond donors (Lipinski definition) is 3. The number of nitrogens with one attached hydrogen (secondary N) is 2. The summed E-state index contributed by atoms with van der Waals surface area (Å²) in [6.45, 7) is 0.133. The van der Waals surface area contributed by atoms with Crippen molar-refractivity contribution < 1.29 is 24.2 Å². The molecule has 2 aliphatic rings. The fourth-order valence-electron chi connectivity index (χ4n) is 4.52. The molecule has 2 aliphatic carbocycles. The summed E-state index contributed by atoms with van der Waals surface area (Å²) in [4.78, 5) is 36.8. The zero-order chi connectivity index (χ0) is 23.4. The number of terminal acetylenes is 1. The van der Waals surface area contributed by atoms with E-state index in [1.807, 2.05) is 36.4 Å². The van der Waals surface area contributed by atoms with Gasteiger partial charge in [-0.3, -0.25) is 4.79 Å². The van der Waals surface area contributed by atoms with Crippen molar-refractivity contribution in [3.63, 3.8) is 0 Å². The lowest BCUT2D eigenvalue weighted by molar-refractivity contribution is -0.142. The van der Waals surface area contributed by atoms with E-state index in [2.05, 4.69) is 28.7 Å². The number of fused-ring (bicyclic) bond motifs is 3. The molecule has 0 aromatic heterocycles. The van der Waals surface area contributed by atoms with Gasteiger partial charge < -0.3 is 20.5 Å². The minimum absolute atomic E-state index is 0.0641. The van der Waals surface area contributed by atoms with Gasteiger partial charge in [0.25, 0.3) is 0 Å². The lowest BCUT2D eigenvalue weighted by atomic mass is 9.79. The maximum Gasteiger partial charge on any atom is 0.407 e. The van der Waals surface area contributed by atoms with E-state index in [4.69, 9.17) is 11.2 Å². The Labute approximate surface area is 192 Å². The molecule has 0 aliphatic heterocycles. The Morgan fingerprint density at radius 1 is 1.03 bits per heavy atom. The molecule has 0 spiro atoms. The van der Waals surface area contributed by atoms with E-state index in [9.17, 15) is 19.5 Å². The molecule has 0 heterocycles. The number of amides is 2. The second kappa shape index (κ2) is 9.78. The highest BCUT2D eigenvalue weighted by Crippen LogP contribution is 2.44. The van der Waals surface area contributed by atoms with Crippen LogP contribution in [0.3, 0.4) is 0 Å². The molecular weight excluding hydrogens is 420 g/mol. The van der Waals surface area contributed by atoms with Crippen LogP contribution < -0.4 is 10.6 Å². The molecule has 2 aromatic carbocycles. The Hall–Kier alpha value is -3.79. The van der Waals surface area contributed by atoms with E-state index in [0.29, 0.717) is 0 Å². The Morgan fingerprint density at radius 2 is 1.64 bits per heavy atom. The summed E-state index contributed by atoms with van der Waals surface area (Å²) in [5.74, 6) is 0.323. The number of ether oxygens (including phenoxy) is 1. The number of aliphatic carboxylic acids is 1. The van der Waals surface area contributed by atoms with Gasteiger partial charge in [-0.2, -0.15) is 0 Å². The molecule has 0 radical (unpaired) electrons. The molecule has 170 valence electrons. The maximum absolute atomic E-state index is 12.8. The van der Waals surface area contributed by atoms with Crippen molar-refractivity contribution in [1.29, 1.82) is 0 Å². The SMILES string of the molecule is C#CCC(NC(=O)C(NC(=O)OCC1c2ccccc2-c2ccccc21)C1CCC1)C(=O)O. The van der Waals surface area contributed by atoms with Gasteiger partial charge in [-0.15, -0.1) is 12.3 Å². The maximum atomic E-state index is 12.8. The predicted octanol–water partition coefficient (Wildman–Crippen LogP) is 3.29. The minimum Gasteiger partial charge on any atom is -0.480 e. The van der Waals surface area contributed by atoms with Gasteiger partial charge in [0.2, 0.25) is 5.91 Å². The highest BCUT2D eigenvalue weighted by atomic mass is 16.5. The minimum atomic E-state index is -1.21.